The van der Waals surface area contributed by atoms with E-state index < -0.39 is 0 Å². The van der Waals surface area contributed by atoms with Gasteiger partial charge in [-0.3, -0.25) is 0 Å². The number of nitrogens with one attached hydrogen (secondary N) is 2. The van der Waals surface area contributed by atoms with Gasteiger partial charge in [0.25, 0.3) is 0 Å². The molecule has 1 heterocycles. The molecule has 0 atom stereocenters. The van der Waals surface area contributed by atoms with Crippen LogP contribution in [0.25, 0.3) is 0 Å². The van der Waals surface area contributed by atoms with Crippen LogP contribution in [0.1, 0.15) is 27.2 Å². The number of hydrogen-bond acceptors (Lipinski definition) is 5. The Morgan fingerprint density at radius 3 is 2.77 bits per heavy atom. The molecular formula is C17H24N4O. The molecule has 0 saturated carbocycles. The lowest BCUT2D eigenvalue weighted by atomic mass is 10.1. The third-order valence-corrected chi connectivity index (χ3v) is 3.12. The summed E-state index contributed by atoms with van der Waals surface area (Å²) in [7, 11) is 0. The summed E-state index contributed by atoms with van der Waals surface area (Å²) in [4.78, 5) is 8.74. The van der Waals surface area contributed by atoms with Gasteiger partial charge in [-0.2, -0.15) is 4.98 Å². The molecule has 0 unspecified atom stereocenters. The highest BCUT2D eigenvalue weighted by atomic mass is 16.5. The quantitative estimate of drug-likeness (QED) is 0.769. The van der Waals surface area contributed by atoms with Crippen molar-refractivity contribution in [2.75, 3.05) is 23.8 Å². The number of benzene rings is 1. The lowest BCUT2D eigenvalue weighted by molar-refractivity contribution is 0.342. The molecule has 22 heavy (non-hydrogen) atoms. The molecule has 1 aromatic carbocycles. The van der Waals surface area contributed by atoms with Crippen LogP contribution in [0, 0.1) is 5.92 Å². The van der Waals surface area contributed by atoms with Gasteiger partial charge in [-0.1, -0.05) is 26.0 Å². The van der Waals surface area contributed by atoms with Gasteiger partial charge in [0.15, 0.2) is 0 Å². The van der Waals surface area contributed by atoms with Crippen LogP contribution >= 0.6 is 0 Å². The summed E-state index contributed by atoms with van der Waals surface area (Å²) in [5.41, 5.74) is 0.865. The van der Waals surface area contributed by atoms with Gasteiger partial charge in [-0.05, 0) is 37.5 Å². The van der Waals surface area contributed by atoms with Crippen LogP contribution in [0.5, 0.6) is 5.75 Å². The van der Waals surface area contributed by atoms with Crippen molar-refractivity contribution in [2.45, 2.75) is 27.2 Å². The molecule has 0 saturated heterocycles. The molecule has 2 N–H and O–H groups in total. The first kappa shape index (κ1) is 16.1. The van der Waals surface area contributed by atoms with E-state index in [4.69, 9.17) is 4.74 Å². The minimum Gasteiger partial charge on any atom is -0.492 e. The molecule has 0 fully saturated rings. The van der Waals surface area contributed by atoms with E-state index in [1.54, 1.807) is 6.20 Å². The lowest BCUT2D eigenvalue weighted by Crippen LogP contribution is -2.07. The molecule has 0 aliphatic heterocycles. The third-order valence-electron chi connectivity index (χ3n) is 3.12. The largest absolute Gasteiger partial charge is 0.492 e. The fraction of sp³-hybridized carbons (Fsp3) is 0.412. The Morgan fingerprint density at radius 1 is 1.18 bits per heavy atom. The molecule has 2 rings (SSSR count). The maximum absolute atomic E-state index is 5.60. The van der Waals surface area contributed by atoms with Gasteiger partial charge in [0.2, 0.25) is 5.95 Å². The standard InChI is InChI=1S/C17H24N4O/c1-4-22-15-8-6-5-7-14(15)20-17-19-12-10-16(21-17)18-11-9-13(2)3/h5-8,10,12-13H,4,9,11H2,1-3H3,(H2,18,19,20,21). The van der Waals surface area contributed by atoms with Crippen LogP contribution in [0.15, 0.2) is 36.5 Å². The summed E-state index contributed by atoms with van der Waals surface area (Å²) in [6, 6.07) is 9.65. The highest BCUT2D eigenvalue weighted by molar-refractivity contribution is 5.62. The van der Waals surface area contributed by atoms with Crippen LogP contribution in [0.3, 0.4) is 0 Å². The van der Waals surface area contributed by atoms with Crippen molar-refractivity contribution in [3.63, 3.8) is 0 Å². The number of anilines is 3. The van der Waals surface area contributed by atoms with E-state index in [1.165, 1.54) is 0 Å². The van der Waals surface area contributed by atoms with Crippen LogP contribution < -0.4 is 15.4 Å². The topological polar surface area (TPSA) is 59.1 Å². The Balaban J connectivity index is 2.04. The van der Waals surface area contributed by atoms with Gasteiger partial charge in [0, 0.05) is 12.7 Å². The third kappa shape index (κ3) is 4.91. The van der Waals surface area contributed by atoms with E-state index in [0.29, 0.717) is 18.5 Å². The van der Waals surface area contributed by atoms with E-state index in [0.717, 1.165) is 30.2 Å². The van der Waals surface area contributed by atoms with E-state index in [9.17, 15) is 0 Å². The zero-order chi connectivity index (χ0) is 15.8. The predicted molar refractivity (Wildman–Crippen MR) is 90.9 cm³/mol. The Labute approximate surface area is 132 Å². The van der Waals surface area contributed by atoms with Crippen molar-refractivity contribution in [1.29, 1.82) is 0 Å². The Morgan fingerprint density at radius 2 is 2.00 bits per heavy atom. The molecule has 5 nitrogen and oxygen atoms in total. The van der Waals surface area contributed by atoms with Crippen molar-refractivity contribution in [1.82, 2.24) is 9.97 Å². The second-order valence-corrected chi connectivity index (χ2v) is 5.43. The fourth-order valence-electron chi connectivity index (χ4n) is 1.98. The molecule has 0 bridgehead atoms. The summed E-state index contributed by atoms with van der Waals surface area (Å²) in [5, 5.41) is 6.53. The summed E-state index contributed by atoms with van der Waals surface area (Å²) in [6.45, 7) is 7.91. The number of rotatable bonds is 8. The average molecular weight is 300 g/mol. The molecule has 0 aliphatic carbocycles. The number of aromatic nitrogens is 2. The number of para-hydroxylation sites is 2. The van der Waals surface area contributed by atoms with Gasteiger partial charge in [0.05, 0.1) is 12.3 Å². The van der Waals surface area contributed by atoms with Gasteiger partial charge in [-0.25, -0.2) is 4.98 Å². The molecule has 5 heteroatoms. The Hall–Kier alpha value is -2.30. The van der Waals surface area contributed by atoms with Crippen molar-refractivity contribution in [3.05, 3.63) is 36.5 Å². The van der Waals surface area contributed by atoms with Crippen LogP contribution in [-0.2, 0) is 0 Å². The molecule has 118 valence electrons. The minimum atomic E-state index is 0.557. The van der Waals surface area contributed by atoms with E-state index in [-0.39, 0.29) is 0 Å². The van der Waals surface area contributed by atoms with E-state index in [2.05, 4.69) is 34.4 Å². The zero-order valence-electron chi connectivity index (χ0n) is 13.5. The number of nitrogens with zero attached hydrogens (tertiary/aromatic N) is 2. The van der Waals surface area contributed by atoms with Gasteiger partial charge >= 0.3 is 0 Å². The van der Waals surface area contributed by atoms with Gasteiger partial charge < -0.3 is 15.4 Å². The first-order valence-electron chi connectivity index (χ1n) is 7.74. The fourth-order valence-corrected chi connectivity index (χ4v) is 1.98. The Bertz CT molecular complexity index is 586. The Kier molecular flexibility index (Phi) is 6.01. The predicted octanol–water partition coefficient (Wildman–Crippen LogP) is 4.08. The SMILES string of the molecule is CCOc1ccccc1Nc1nccc(NCCC(C)C)n1. The molecular weight excluding hydrogens is 276 g/mol. The summed E-state index contributed by atoms with van der Waals surface area (Å²) < 4.78 is 5.60. The zero-order valence-corrected chi connectivity index (χ0v) is 13.5. The molecule has 0 amide bonds. The lowest BCUT2D eigenvalue weighted by Gasteiger charge is -2.12. The van der Waals surface area contributed by atoms with Gasteiger partial charge in [0.1, 0.15) is 11.6 Å². The van der Waals surface area contributed by atoms with Crippen LogP contribution in [0.2, 0.25) is 0 Å². The summed E-state index contributed by atoms with van der Waals surface area (Å²) in [5.74, 6) is 2.85. The highest BCUT2D eigenvalue weighted by Gasteiger charge is 2.05. The first-order valence-corrected chi connectivity index (χ1v) is 7.74. The second kappa shape index (κ2) is 8.22. The van der Waals surface area contributed by atoms with Gasteiger partial charge in [-0.15, -0.1) is 0 Å². The molecule has 1 aromatic heterocycles. The van der Waals surface area contributed by atoms with Crippen molar-refractivity contribution in [2.24, 2.45) is 5.92 Å². The van der Waals surface area contributed by atoms with Crippen molar-refractivity contribution < 1.29 is 4.74 Å². The van der Waals surface area contributed by atoms with Crippen molar-refractivity contribution in [3.8, 4) is 5.75 Å². The summed E-state index contributed by atoms with van der Waals surface area (Å²) >= 11 is 0. The first-order chi connectivity index (χ1) is 10.7. The molecule has 0 spiro atoms. The number of ether oxygens (including phenoxy) is 1. The van der Waals surface area contributed by atoms with Crippen LogP contribution in [-0.4, -0.2) is 23.1 Å². The van der Waals surface area contributed by atoms with E-state index >= 15 is 0 Å². The smallest absolute Gasteiger partial charge is 0.229 e. The normalized spacial score (nSPS) is 10.5. The van der Waals surface area contributed by atoms with Crippen LogP contribution in [0.4, 0.5) is 17.5 Å². The monoisotopic (exact) mass is 300 g/mol. The highest BCUT2D eigenvalue weighted by Crippen LogP contribution is 2.26. The average Bonchev–Trinajstić information content (AvgIpc) is 2.50. The van der Waals surface area contributed by atoms with E-state index in [1.807, 2.05) is 37.3 Å². The number of hydrogen-bond donors (Lipinski definition) is 2. The van der Waals surface area contributed by atoms with Crippen molar-refractivity contribution >= 4 is 17.5 Å². The maximum Gasteiger partial charge on any atom is 0.229 e. The second-order valence-electron chi connectivity index (χ2n) is 5.43. The molecule has 0 aliphatic rings. The molecule has 0 radical (unpaired) electrons. The minimum absolute atomic E-state index is 0.557. The maximum atomic E-state index is 5.60. The molecule has 2 aromatic rings. The summed E-state index contributed by atoms with van der Waals surface area (Å²) in [6.07, 6.45) is 2.86.